The molecular formula is C19H33N7. The molecule has 7 nitrogen and oxygen atoms in total. The largest absolute Gasteiger partial charge is 0.357 e. The van der Waals surface area contributed by atoms with E-state index in [1.165, 1.54) is 25.9 Å². The van der Waals surface area contributed by atoms with Gasteiger partial charge >= 0.3 is 0 Å². The quantitative estimate of drug-likeness (QED) is 0.632. The predicted molar refractivity (Wildman–Crippen MR) is 107 cm³/mol. The molecule has 0 atom stereocenters. The van der Waals surface area contributed by atoms with Crippen molar-refractivity contribution in [2.75, 3.05) is 63.8 Å². The summed E-state index contributed by atoms with van der Waals surface area (Å²) in [7, 11) is 0. The number of nitrogens with one attached hydrogen (secondary N) is 1. The number of rotatable bonds is 5. The summed E-state index contributed by atoms with van der Waals surface area (Å²) < 4.78 is 0. The lowest BCUT2D eigenvalue weighted by Gasteiger charge is -2.36. The maximum atomic E-state index is 4.89. The zero-order valence-electron chi connectivity index (χ0n) is 16.3. The first-order valence-corrected chi connectivity index (χ1v) is 10.0. The van der Waals surface area contributed by atoms with Gasteiger partial charge in [-0.05, 0) is 44.8 Å². The minimum atomic E-state index is 0.827. The van der Waals surface area contributed by atoms with Gasteiger partial charge in [-0.1, -0.05) is 6.92 Å². The van der Waals surface area contributed by atoms with Gasteiger partial charge in [0.2, 0.25) is 5.95 Å². The van der Waals surface area contributed by atoms with Crippen LogP contribution in [0.4, 0.5) is 5.95 Å². The van der Waals surface area contributed by atoms with Gasteiger partial charge in [0.05, 0.1) is 6.54 Å². The van der Waals surface area contributed by atoms with E-state index >= 15 is 0 Å². The SMILES string of the molecule is CCNC(=NCCN1CCC(C)CC1)N1CCN(c2ncccn2)CC1. The van der Waals surface area contributed by atoms with E-state index in [1.807, 2.05) is 18.5 Å². The maximum absolute atomic E-state index is 4.89. The monoisotopic (exact) mass is 359 g/mol. The highest BCUT2D eigenvalue weighted by Crippen LogP contribution is 2.15. The van der Waals surface area contributed by atoms with Crippen molar-refractivity contribution in [2.24, 2.45) is 10.9 Å². The Labute approximate surface area is 157 Å². The standard InChI is InChI=1S/C19H33N7/c1-3-20-18(23-9-12-24-10-5-17(2)6-11-24)25-13-15-26(16-14-25)19-21-7-4-8-22-19/h4,7-8,17H,3,5-6,9-16H2,1-2H3,(H,20,23). The summed E-state index contributed by atoms with van der Waals surface area (Å²) in [6.45, 7) is 13.5. The first kappa shape index (κ1) is 18.9. The molecule has 0 radical (unpaired) electrons. The fourth-order valence-electron chi connectivity index (χ4n) is 3.58. The molecule has 0 saturated carbocycles. The van der Waals surface area contributed by atoms with Gasteiger partial charge in [0, 0.05) is 51.7 Å². The van der Waals surface area contributed by atoms with E-state index in [-0.39, 0.29) is 0 Å². The number of guanidine groups is 1. The van der Waals surface area contributed by atoms with Gasteiger partial charge in [-0.2, -0.15) is 0 Å². The number of nitrogens with zero attached hydrogens (tertiary/aromatic N) is 6. The number of aliphatic imine (C=N–C) groups is 1. The van der Waals surface area contributed by atoms with Crippen LogP contribution in [0.2, 0.25) is 0 Å². The molecule has 2 saturated heterocycles. The number of hydrogen-bond donors (Lipinski definition) is 1. The fourth-order valence-corrected chi connectivity index (χ4v) is 3.58. The summed E-state index contributed by atoms with van der Waals surface area (Å²) in [6, 6.07) is 1.86. The molecule has 0 amide bonds. The summed E-state index contributed by atoms with van der Waals surface area (Å²) in [4.78, 5) is 20.8. The second-order valence-corrected chi connectivity index (χ2v) is 7.28. The zero-order chi connectivity index (χ0) is 18.2. The summed E-state index contributed by atoms with van der Waals surface area (Å²) in [5.41, 5.74) is 0. The van der Waals surface area contributed by atoms with Crippen molar-refractivity contribution in [1.29, 1.82) is 0 Å². The molecule has 1 aromatic heterocycles. The molecule has 2 fully saturated rings. The van der Waals surface area contributed by atoms with E-state index in [4.69, 9.17) is 4.99 Å². The Morgan fingerprint density at radius 1 is 1.12 bits per heavy atom. The van der Waals surface area contributed by atoms with E-state index in [0.29, 0.717) is 0 Å². The fraction of sp³-hybridized carbons (Fsp3) is 0.737. The average molecular weight is 360 g/mol. The van der Waals surface area contributed by atoms with Gasteiger partial charge in [0.25, 0.3) is 0 Å². The molecule has 26 heavy (non-hydrogen) atoms. The van der Waals surface area contributed by atoms with E-state index in [9.17, 15) is 0 Å². The lowest BCUT2D eigenvalue weighted by atomic mass is 9.99. The van der Waals surface area contributed by atoms with Crippen LogP contribution in [0.15, 0.2) is 23.5 Å². The Hall–Kier alpha value is -1.89. The van der Waals surface area contributed by atoms with Crippen LogP contribution in [0.1, 0.15) is 26.7 Å². The first-order chi connectivity index (χ1) is 12.8. The van der Waals surface area contributed by atoms with Crippen LogP contribution in [-0.4, -0.2) is 84.6 Å². The molecule has 2 aliphatic rings. The van der Waals surface area contributed by atoms with Gasteiger partial charge in [0.1, 0.15) is 0 Å². The Morgan fingerprint density at radius 3 is 2.46 bits per heavy atom. The molecule has 7 heteroatoms. The smallest absolute Gasteiger partial charge is 0.225 e. The van der Waals surface area contributed by atoms with E-state index in [1.54, 1.807) is 0 Å². The lowest BCUT2D eigenvalue weighted by molar-refractivity contribution is 0.197. The number of hydrogen-bond acceptors (Lipinski definition) is 5. The molecule has 0 unspecified atom stereocenters. The number of likely N-dealkylation sites (tertiary alicyclic amines) is 1. The van der Waals surface area contributed by atoms with Crippen molar-refractivity contribution < 1.29 is 0 Å². The van der Waals surface area contributed by atoms with Crippen LogP contribution in [0.25, 0.3) is 0 Å². The molecule has 0 aromatic carbocycles. The topological polar surface area (TPSA) is 59.9 Å². The molecular weight excluding hydrogens is 326 g/mol. The highest BCUT2D eigenvalue weighted by Gasteiger charge is 2.21. The molecule has 2 aliphatic heterocycles. The van der Waals surface area contributed by atoms with E-state index in [0.717, 1.165) is 63.6 Å². The second-order valence-electron chi connectivity index (χ2n) is 7.28. The molecule has 144 valence electrons. The highest BCUT2D eigenvalue weighted by molar-refractivity contribution is 5.80. The molecule has 0 bridgehead atoms. The number of piperidine rings is 1. The number of piperazine rings is 1. The van der Waals surface area contributed by atoms with Crippen molar-refractivity contribution in [3.05, 3.63) is 18.5 Å². The van der Waals surface area contributed by atoms with Crippen molar-refractivity contribution in [1.82, 2.24) is 25.1 Å². The summed E-state index contributed by atoms with van der Waals surface area (Å²) in [5, 5.41) is 3.46. The van der Waals surface area contributed by atoms with Gasteiger partial charge in [-0.3, -0.25) is 4.99 Å². The third-order valence-electron chi connectivity index (χ3n) is 5.30. The molecule has 1 aromatic rings. The lowest BCUT2D eigenvalue weighted by Crippen LogP contribution is -2.53. The number of aromatic nitrogens is 2. The third-order valence-corrected chi connectivity index (χ3v) is 5.30. The molecule has 3 heterocycles. The summed E-state index contributed by atoms with van der Waals surface area (Å²) >= 11 is 0. The Bertz CT molecular complexity index is 546. The van der Waals surface area contributed by atoms with Gasteiger partial charge in [0.15, 0.2) is 5.96 Å². The Morgan fingerprint density at radius 2 is 1.81 bits per heavy atom. The second kappa shape index (κ2) is 9.71. The highest BCUT2D eigenvalue weighted by atomic mass is 15.4. The van der Waals surface area contributed by atoms with Crippen molar-refractivity contribution in [2.45, 2.75) is 26.7 Å². The van der Waals surface area contributed by atoms with E-state index < -0.39 is 0 Å². The molecule has 0 aliphatic carbocycles. The summed E-state index contributed by atoms with van der Waals surface area (Å²) in [6.07, 6.45) is 6.27. The van der Waals surface area contributed by atoms with Crippen LogP contribution in [0.5, 0.6) is 0 Å². The van der Waals surface area contributed by atoms with Crippen molar-refractivity contribution in [3.8, 4) is 0 Å². The van der Waals surface area contributed by atoms with Crippen molar-refractivity contribution >= 4 is 11.9 Å². The van der Waals surface area contributed by atoms with Crippen LogP contribution < -0.4 is 10.2 Å². The van der Waals surface area contributed by atoms with Crippen LogP contribution in [0, 0.1) is 5.92 Å². The van der Waals surface area contributed by atoms with Gasteiger partial charge in [-0.15, -0.1) is 0 Å². The van der Waals surface area contributed by atoms with Gasteiger partial charge < -0.3 is 20.0 Å². The average Bonchev–Trinajstić information content (AvgIpc) is 2.70. The van der Waals surface area contributed by atoms with Crippen LogP contribution in [0.3, 0.4) is 0 Å². The number of anilines is 1. The van der Waals surface area contributed by atoms with Crippen LogP contribution in [-0.2, 0) is 0 Å². The molecule has 3 rings (SSSR count). The zero-order valence-corrected chi connectivity index (χ0v) is 16.3. The van der Waals surface area contributed by atoms with Crippen molar-refractivity contribution in [3.63, 3.8) is 0 Å². The minimum Gasteiger partial charge on any atom is -0.357 e. The van der Waals surface area contributed by atoms with Crippen LogP contribution >= 0.6 is 0 Å². The summed E-state index contributed by atoms with van der Waals surface area (Å²) in [5.74, 6) is 2.76. The maximum Gasteiger partial charge on any atom is 0.225 e. The third kappa shape index (κ3) is 5.30. The Balaban J connectivity index is 1.48. The van der Waals surface area contributed by atoms with E-state index in [2.05, 4.69) is 43.8 Å². The predicted octanol–water partition coefficient (Wildman–Crippen LogP) is 1.30. The first-order valence-electron chi connectivity index (χ1n) is 10.0. The Kier molecular flexibility index (Phi) is 7.05. The molecule has 0 spiro atoms. The van der Waals surface area contributed by atoms with Gasteiger partial charge in [-0.25, -0.2) is 9.97 Å². The minimum absolute atomic E-state index is 0.827. The normalized spacial score (nSPS) is 20.5. The molecule has 1 N–H and O–H groups in total.